The number of aliphatic imine (C=N–C) groups is 1. The van der Waals surface area contributed by atoms with Crippen molar-refractivity contribution in [3.05, 3.63) is 35.1 Å². The predicted octanol–water partition coefficient (Wildman–Crippen LogP) is 3.10. The number of ether oxygens (including phenoxy) is 1. The van der Waals surface area contributed by atoms with Gasteiger partial charge < -0.3 is 15.0 Å². The standard InChI is InChI=1S/C18H26FN3O2.HI/c1-4-24-17(23)15-6-5-9-22(12-15)18(20-3)21-11-14-7-8-16(19)13(2)10-14;/h7-8,10,15H,4-6,9,11-12H2,1-3H3,(H,20,21);1H. The normalized spacial score (nSPS) is 17.7. The van der Waals surface area contributed by atoms with Gasteiger partial charge in [0.2, 0.25) is 0 Å². The monoisotopic (exact) mass is 463 g/mol. The van der Waals surface area contributed by atoms with Crippen molar-refractivity contribution < 1.29 is 13.9 Å². The molecule has 0 radical (unpaired) electrons. The molecule has 1 unspecified atom stereocenters. The Bertz CT molecular complexity index is 610. The summed E-state index contributed by atoms with van der Waals surface area (Å²) in [4.78, 5) is 18.4. The van der Waals surface area contributed by atoms with Gasteiger partial charge in [-0.3, -0.25) is 9.79 Å². The third-order valence-electron chi connectivity index (χ3n) is 4.23. The quantitative estimate of drug-likeness (QED) is 0.323. The van der Waals surface area contributed by atoms with Gasteiger partial charge in [-0.15, -0.1) is 24.0 Å². The van der Waals surface area contributed by atoms with Crippen LogP contribution < -0.4 is 5.32 Å². The second-order valence-electron chi connectivity index (χ2n) is 6.02. The van der Waals surface area contributed by atoms with Crippen LogP contribution in [0.25, 0.3) is 0 Å². The smallest absolute Gasteiger partial charge is 0.310 e. The third-order valence-corrected chi connectivity index (χ3v) is 4.23. The Kier molecular flexibility index (Phi) is 9.16. The van der Waals surface area contributed by atoms with Crippen molar-refractivity contribution in [2.45, 2.75) is 33.2 Å². The molecule has 25 heavy (non-hydrogen) atoms. The summed E-state index contributed by atoms with van der Waals surface area (Å²) in [5.41, 5.74) is 1.62. The second kappa shape index (κ2) is 10.6. The summed E-state index contributed by atoms with van der Waals surface area (Å²) in [5, 5.41) is 3.29. The fourth-order valence-corrected chi connectivity index (χ4v) is 2.95. The average molecular weight is 463 g/mol. The molecule has 7 heteroatoms. The maximum absolute atomic E-state index is 13.3. The lowest BCUT2D eigenvalue weighted by Gasteiger charge is -2.34. The summed E-state index contributed by atoms with van der Waals surface area (Å²) in [5.74, 6) is 0.319. The van der Waals surface area contributed by atoms with Crippen molar-refractivity contribution in [1.29, 1.82) is 0 Å². The first-order valence-electron chi connectivity index (χ1n) is 8.42. The van der Waals surface area contributed by atoms with E-state index in [1.165, 1.54) is 6.07 Å². The molecule has 2 rings (SSSR count). The average Bonchev–Trinajstić information content (AvgIpc) is 2.59. The number of benzene rings is 1. The third kappa shape index (κ3) is 6.13. The Hall–Kier alpha value is -1.38. The maximum atomic E-state index is 13.3. The molecule has 0 amide bonds. The number of carbonyl (C=O) groups excluding carboxylic acids is 1. The molecule has 0 aliphatic carbocycles. The molecule has 0 aromatic heterocycles. The zero-order chi connectivity index (χ0) is 17.5. The number of hydrogen-bond donors (Lipinski definition) is 1. The molecule has 5 nitrogen and oxygen atoms in total. The van der Waals surface area contributed by atoms with Crippen LogP contribution in [0.15, 0.2) is 23.2 Å². The summed E-state index contributed by atoms with van der Waals surface area (Å²) >= 11 is 0. The minimum absolute atomic E-state index is 0. The number of nitrogens with one attached hydrogen (secondary N) is 1. The highest BCUT2D eigenvalue weighted by Gasteiger charge is 2.28. The molecule has 1 aromatic rings. The van der Waals surface area contributed by atoms with Crippen LogP contribution in [0.4, 0.5) is 4.39 Å². The lowest BCUT2D eigenvalue weighted by atomic mass is 9.98. The molecular formula is C18H27FIN3O2. The lowest BCUT2D eigenvalue weighted by Crippen LogP contribution is -2.48. The highest BCUT2D eigenvalue weighted by molar-refractivity contribution is 14.0. The first-order chi connectivity index (χ1) is 11.5. The summed E-state index contributed by atoms with van der Waals surface area (Å²) < 4.78 is 18.5. The van der Waals surface area contributed by atoms with Gasteiger partial charge in [0, 0.05) is 26.7 Å². The van der Waals surface area contributed by atoms with Crippen molar-refractivity contribution in [2.75, 3.05) is 26.7 Å². The summed E-state index contributed by atoms with van der Waals surface area (Å²) in [6.45, 7) is 6.02. The van der Waals surface area contributed by atoms with Crippen LogP contribution in [0, 0.1) is 18.7 Å². The van der Waals surface area contributed by atoms with Crippen LogP contribution in [-0.4, -0.2) is 43.6 Å². The zero-order valence-electron chi connectivity index (χ0n) is 15.0. The van der Waals surface area contributed by atoms with Crippen LogP contribution in [0.1, 0.15) is 30.9 Å². The highest BCUT2D eigenvalue weighted by Crippen LogP contribution is 2.18. The van der Waals surface area contributed by atoms with Crippen LogP contribution in [-0.2, 0) is 16.1 Å². The van der Waals surface area contributed by atoms with Gasteiger partial charge in [0.15, 0.2) is 5.96 Å². The van der Waals surface area contributed by atoms with E-state index in [9.17, 15) is 9.18 Å². The van der Waals surface area contributed by atoms with E-state index in [0.717, 1.165) is 30.9 Å². The number of aryl methyl sites for hydroxylation is 1. The Balaban J connectivity index is 0.00000312. The number of carbonyl (C=O) groups is 1. The molecule has 1 fully saturated rings. The Labute approximate surface area is 166 Å². The molecule has 1 aliphatic rings. The molecule has 0 saturated carbocycles. The van der Waals surface area contributed by atoms with Gasteiger partial charge in [-0.05, 0) is 43.9 Å². The molecule has 1 aliphatic heterocycles. The fourth-order valence-electron chi connectivity index (χ4n) is 2.95. The van der Waals surface area contributed by atoms with Crippen LogP contribution in [0.3, 0.4) is 0 Å². The molecule has 140 valence electrons. The van der Waals surface area contributed by atoms with E-state index in [1.54, 1.807) is 20.0 Å². The molecule has 1 N–H and O–H groups in total. The molecule has 1 aromatic carbocycles. The molecule has 1 atom stereocenters. The van der Waals surface area contributed by atoms with Gasteiger partial charge in [0.1, 0.15) is 5.82 Å². The van der Waals surface area contributed by atoms with Crippen molar-refractivity contribution >= 4 is 35.9 Å². The number of piperidine rings is 1. The number of esters is 1. The highest BCUT2D eigenvalue weighted by atomic mass is 127. The number of hydrogen-bond acceptors (Lipinski definition) is 3. The SMILES string of the molecule is CCOC(=O)C1CCCN(C(=NC)NCc2ccc(F)c(C)c2)C1.I. The van der Waals surface area contributed by atoms with Gasteiger partial charge in [-0.2, -0.15) is 0 Å². The van der Waals surface area contributed by atoms with E-state index in [4.69, 9.17) is 4.74 Å². The second-order valence-corrected chi connectivity index (χ2v) is 6.02. The van der Waals surface area contributed by atoms with Gasteiger partial charge in [0.25, 0.3) is 0 Å². The molecule has 0 spiro atoms. The molecule has 1 heterocycles. The van der Waals surface area contributed by atoms with Crippen LogP contribution >= 0.6 is 24.0 Å². The fraction of sp³-hybridized carbons (Fsp3) is 0.556. The molecule has 0 bridgehead atoms. The largest absolute Gasteiger partial charge is 0.466 e. The topological polar surface area (TPSA) is 53.9 Å². The Morgan fingerprint density at radius 1 is 1.48 bits per heavy atom. The van der Waals surface area contributed by atoms with Crippen LogP contribution in [0.2, 0.25) is 0 Å². The number of likely N-dealkylation sites (tertiary alicyclic amines) is 1. The van der Waals surface area contributed by atoms with E-state index in [2.05, 4.69) is 15.2 Å². The minimum atomic E-state index is -0.198. The van der Waals surface area contributed by atoms with E-state index in [0.29, 0.717) is 25.3 Å². The van der Waals surface area contributed by atoms with E-state index in [1.807, 2.05) is 13.0 Å². The van der Waals surface area contributed by atoms with Gasteiger partial charge in [-0.1, -0.05) is 12.1 Å². The number of guanidine groups is 1. The first kappa shape index (κ1) is 21.7. The predicted molar refractivity (Wildman–Crippen MR) is 108 cm³/mol. The Morgan fingerprint density at radius 2 is 2.24 bits per heavy atom. The van der Waals surface area contributed by atoms with Crippen LogP contribution in [0.5, 0.6) is 0 Å². The number of rotatable bonds is 4. The summed E-state index contributed by atoms with van der Waals surface area (Å²) in [6, 6.07) is 5.07. The number of nitrogens with zero attached hydrogens (tertiary/aromatic N) is 2. The van der Waals surface area contributed by atoms with E-state index < -0.39 is 0 Å². The zero-order valence-corrected chi connectivity index (χ0v) is 17.4. The van der Waals surface area contributed by atoms with E-state index in [-0.39, 0.29) is 41.7 Å². The molecular weight excluding hydrogens is 436 g/mol. The first-order valence-corrected chi connectivity index (χ1v) is 8.42. The molecule has 1 saturated heterocycles. The summed E-state index contributed by atoms with van der Waals surface area (Å²) in [7, 11) is 1.73. The van der Waals surface area contributed by atoms with Crippen molar-refractivity contribution in [3.8, 4) is 0 Å². The van der Waals surface area contributed by atoms with Gasteiger partial charge >= 0.3 is 5.97 Å². The van der Waals surface area contributed by atoms with Crippen molar-refractivity contribution in [3.63, 3.8) is 0 Å². The van der Waals surface area contributed by atoms with Gasteiger partial charge in [-0.25, -0.2) is 4.39 Å². The van der Waals surface area contributed by atoms with Crippen molar-refractivity contribution in [1.82, 2.24) is 10.2 Å². The minimum Gasteiger partial charge on any atom is -0.466 e. The van der Waals surface area contributed by atoms with E-state index >= 15 is 0 Å². The Morgan fingerprint density at radius 3 is 2.88 bits per heavy atom. The summed E-state index contributed by atoms with van der Waals surface area (Å²) in [6.07, 6.45) is 1.78. The van der Waals surface area contributed by atoms with Gasteiger partial charge in [0.05, 0.1) is 12.5 Å². The lowest BCUT2D eigenvalue weighted by molar-refractivity contribution is -0.149. The maximum Gasteiger partial charge on any atom is 0.310 e. The number of halogens is 2. The van der Waals surface area contributed by atoms with Crippen molar-refractivity contribution in [2.24, 2.45) is 10.9 Å².